The molecule has 5 aromatic rings. The van der Waals surface area contributed by atoms with Gasteiger partial charge in [-0.3, -0.25) is 24.7 Å². The summed E-state index contributed by atoms with van der Waals surface area (Å²) >= 11 is 6.54. The van der Waals surface area contributed by atoms with Crippen molar-refractivity contribution in [3.63, 3.8) is 0 Å². The van der Waals surface area contributed by atoms with Crippen molar-refractivity contribution in [2.75, 3.05) is 81.5 Å². The molecule has 0 amide bonds. The highest BCUT2D eigenvalue weighted by Crippen LogP contribution is 2.46. The Hall–Kier alpha value is -5.53. The summed E-state index contributed by atoms with van der Waals surface area (Å²) in [5.74, 6) is -1.30. The number of sulfone groups is 1. The number of hydrogen-bond acceptors (Lipinski definition) is 12. The van der Waals surface area contributed by atoms with Crippen LogP contribution in [-0.2, 0) is 20.8 Å². The van der Waals surface area contributed by atoms with E-state index in [4.69, 9.17) is 21.1 Å². The van der Waals surface area contributed by atoms with Gasteiger partial charge in [-0.25, -0.2) is 13.4 Å². The third-order valence-corrected chi connectivity index (χ3v) is 15.1. The van der Waals surface area contributed by atoms with E-state index in [9.17, 15) is 36.5 Å². The largest absolute Gasteiger partial charge is 0.455 e. The number of anilines is 2. The Morgan fingerprint density at radius 1 is 1.04 bits per heavy atom. The van der Waals surface area contributed by atoms with Gasteiger partial charge in [-0.1, -0.05) is 44.0 Å². The number of allylic oxidation sites excluding steroid dienone is 1. The van der Waals surface area contributed by atoms with E-state index in [0.29, 0.717) is 75.7 Å². The fourth-order valence-corrected chi connectivity index (χ4v) is 10.8. The number of benzene rings is 3. The Morgan fingerprint density at radius 2 is 1.84 bits per heavy atom. The Kier molecular flexibility index (Phi) is 14.5. The molecule has 19 heteroatoms. The number of rotatable bonds is 16. The number of hydrogen-bond donors (Lipinski definition) is 2. The summed E-state index contributed by atoms with van der Waals surface area (Å²) in [6.07, 6.45) is 1.72. The van der Waals surface area contributed by atoms with E-state index in [2.05, 4.69) is 50.8 Å². The standard InChI is InChI=1S/C49H55ClF3N7O7S/c1-4-57-21-22-66-36(30-57)13-16-54-43-10-7-38(26-44(43)60(62)63)68(64,65)31-45(61)40-9-6-35(25-46(40)67-37-23-32-12-15-55-47(32)56-28-37)59-19-17-58(18-20-59)29-33-11-14-48(2,3)27-41(33)39-8-5-34(24-42(39)50)49(51,52)53/h5-10,12,15,23-26,28,36,54H,4,11,13-14,16-22,27,29-31H2,1-3H3,(H,55,56). The molecule has 2 N–H and O–H groups in total. The molecule has 3 aromatic carbocycles. The smallest absolute Gasteiger partial charge is 0.416 e. The highest BCUT2D eigenvalue weighted by molar-refractivity contribution is 7.92. The molecule has 1 unspecified atom stereocenters. The van der Waals surface area contributed by atoms with Crippen molar-refractivity contribution in [3.8, 4) is 11.5 Å². The van der Waals surface area contributed by atoms with Crippen molar-refractivity contribution in [1.82, 2.24) is 19.8 Å². The van der Waals surface area contributed by atoms with Gasteiger partial charge in [0, 0.05) is 86.8 Å². The molecular weight excluding hydrogens is 923 g/mol. The highest BCUT2D eigenvalue weighted by atomic mass is 35.5. The van der Waals surface area contributed by atoms with Gasteiger partial charge in [0.25, 0.3) is 5.69 Å². The minimum Gasteiger partial charge on any atom is -0.455 e. The topological polar surface area (TPSA) is 163 Å². The van der Waals surface area contributed by atoms with Crippen molar-refractivity contribution < 1.29 is 40.8 Å². The molecular formula is C49H55ClF3N7O7S. The molecule has 0 spiro atoms. The lowest BCUT2D eigenvalue weighted by Crippen LogP contribution is -2.47. The number of aromatic nitrogens is 2. The van der Waals surface area contributed by atoms with Gasteiger partial charge in [0.1, 0.15) is 28.6 Å². The molecule has 3 aliphatic rings. The number of H-pyrrole nitrogens is 1. The Balaban J connectivity index is 0.987. The van der Waals surface area contributed by atoms with Crippen LogP contribution in [-0.4, -0.2) is 116 Å². The summed E-state index contributed by atoms with van der Waals surface area (Å²) in [4.78, 5) is 39.4. The first-order valence-electron chi connectivity index (χ1n) is 22.8. The SMILES string of the molecule is CCN1CCOC(CCNc2ccc(S(=O)(=O)CC(=O)c3ccc(N4CCN(CC5=C(c6ccc(C(F)(F)F)cc6Cl)CC(C)(C)CC5)CC4)cc3Oc3cnc4[nH]ccc4c3)cc2[N+](=O)[O-])C1. The van der Waals surface area contributed by atoms with E-state index in [1.165, 1.54) is 30.5 Å². The Bertz CT molecular complexity index is 2830. The summed E-state index contributed by atoms with van der Waals surface area (Å²) in [6, 6.07) is 15.8. The zero-order valence-corrected chi connectivity index (χ0v) is 39.8. The quantitative estimate of drug-likeness (QED) is 0.0548. The van der Waals surface area contributed by atoms with Crippen molar-refractivity contribution >= 4 is 60.9 Å². The number of piperazine rings is 1. The average molecular weight is 979 g/mol. The Labute approximate surface area is 398 Å². The van der Waals surface area contributed by atoms with Crippen LogP contribution in [0.2, 0.25) is 5.02 Å². The van der Waals surface area contributed by atoms with Gasteiger partial charge in [0.05, 0.1) is 39.9 Å². The number of morpholine rings is 1. The molecule has 2 aromatic heterocycles. The second-order valence-electron chi connectivity index (χ2n) is 18.5. The van der Waals surface area contributed by atoms with Crippen molar-refractivity contribution in [3.05, 3.63) is 117 Å². The first kappa shape index (κ1) is 48.9. The Morgan fingerprint density at radius 3 is 2.57 bits per heavy atom. The van der Waals surface area contributed by atoms with Crippen LogP contribution >= 0.6 is 11.6 Å². The van der Waals surface area contributed by atoms with Gasteiger partial charge in [-0.05, 0) is 97.3 Å². The molecule has 4 heterocycles. The first-order chi connectivity index (χ1) is 32.4. The van der Waals surface area contributed by atoms with Crippen LogP contribution in [0.25, 0.3) is 16.6 Å². The molecule has 14 nitrogen and oxygen atoms in total. The molecule has 2 saturated heterocycles. The summed E-state index contributed by atoms with van der Waals surface area (Å²) in [5.41, 5.74) is 3.06. The zero-order chi connectivity index (χ0) is 48.4. The maximum Gasteiger partial charge on any atom is 0.416 e. The lowest BCUT2D eigenvalue weighted by atomic mass is 9.72. The van der Waals surface area contributed by atoms with Gasteiger partial charge in [-0.15, -0.1) is 0 Å². The number of carbonyl (C=O) groups excluding carboxylic acids is 1. The lowest BCUT2D eigenvalue weighted by Gasteiger charge is -2.39. The predicted octanol–water partition coefficient (Wildman–Crippen LogP) is 9.90. The molecule has 68 heavy (non-hydrogen) atoms. The molecule has 0 saturated carbocycles. The molecule has 362 valence electrons. The average Bonchev–Trinajstić information content (AvgIpc) is 3.77. The van der Waals surface area contributed by atoms with Crippen LogP contribution in [0.5, 0.6) is 11.5 Å². The second-order valence-corrected chi connectivity index (χ2v) is 20.9. The van der Waals surface area contributed by atoms with Crippen molar-refractivity contribution in [2.45, 2.75) is 63.6 Å². The number of fused-ring (bicyclic) bond motifs is 1. The van der Waals surface area contributed by atoms with Crippen LogP contribution < -0.4 is 15.0 Å². The van der Waals surface area contributed by atoms with Crippen LogP contribution in [0, 0.1) is 15.5 Å². The molecule has 1 aliphatic carbocycles. The number of pyridine rings is 1. The summed E-state index contributed by atoms with van der Waals surface area (Å²) < 4.78 is 80.4. The summed E-state index contributed by atoms with van der Waals surface area (Å²) in [7, 11) is -4.38. The number of ether oxygens (including phenoxy) is 2. The highest BCUT2D eigenvalue weighted by Gasteiger charge is 2.34. The summed E-state index contributed by atoms with van der Waals surface area (Å²) in [5, 5.41) is 16.1. The number of nitro benzene ring substituents is 1. The first-order valence-corrected chi connectivity index (χ1v) is 24.8. The van der Waals surface area contributed by atoms with E-state index in [1.54, 1.807) is 24.4 Å². The fourth-order valence-electron chi connectivity index (χ4n) is 9.24. The van der Waals surface area contributed by atoms with Gasteiger partial charge in [0.2, 0.25) is 0 Å². The van der Waals surface area contributed by atoms with Gasteiger partial charge in [0.15, 0.2) is 15.6 Å². The molecule has 0 radical (unpaired) electrons. The van der Waals surface area contributed by atoms with Crippen molar-refractivity contribution in [2.24, 2.45) is 5.41 Å². The molecule has 0 bridgehead atoms. The predicted molar refractivity (Wildman–Crippen MR) is 257 cm³/mol. The van der Waals surface area contributed by atoms with E-state index in [0.717, 1.165) is 72.9 Å². The zero-order valence-electron chi connectivity index (χ0n) is 38.2. The number of alkyl halides is 3. The second kappa shape index (κ2) is 20.2. The molecule has 8 rings (SSSR count). The van der Waals surface area contributed by atoms with E-state index in [-0.39, 0.29) is 38.4 Å². The number of Topliss-reactive ketones (excluding diaryl/α,β-unsaturated/α-hetero) is 1. The minimum absolute atomic E-state index is 0.00565. The maximum atomic E-state index is 14.1. The number of halogens is 4. The fraction of sp³-hybridized carbons (Fsp3) is 0.429. The van der Waals surface area contributed by atoms with Crippen LogP contribution in [0.4, 0.5) is 30.2 Å². The number of nitrogens with zero attached hydrogens (tertiary/aromatic N) is 5. The summed E-state index contributed by atoms with van der Waals surface area (Å²) in [6.45, 7) is 13.0. The number of carbonyl (C=O) groups is 1. The monoisotopic (exact) mass is 977 g/mol. The molecule has 2 fully saturated rings. The third-order valence-electron chi connectivity index (χ3n) is 13.1. The third kappa shape index (κ3) is 11.5. The molecule has 2 aliphatic heterocycles. The molecule has 1 atom stereocenters. The number of likely N-dealkylation sites (N-methyl/N-ethyl adjacent to an activating group) is 1. The normalized spacial score (nSPS) is 18.5. The van der Waals surface area contributed by atoms with E-state index >= 15 is 0 Å². The minimum atomic E-state index is -4.50. The van der Waals surface area contributed by atoms with Crippen molar-refractivity contribution in [1.29, 1.82) is 0 Å². The van der Waals surface area contributed by atoms with Crippen LogP contribution in [0.3, 0.4) is 0 Å². The number of nitrogens with one attached hydrogen (secondary N) is 2. The number of ketones is 1. The number of aromatic amines is 1. The van der Waals surface area contributed by atoms with Gasteiger partial charge >= 0.3 is 6.18 Å². The van der Waals surface area contributed by atoms with Crippen LogP contribution in [0.1, 0.15) is 67.9 Å². The van der Waals surface area contributed by atoms with E-state index < -0.39 is 43.7 Å². The van der Waals surface area contributed by atoms with E-state index in [1.807, 2.05) is 6.07 Å². The number of nitro groups is 1. The van der Waals surface area contributed by atoms with Gasteiger partial charge < -0.3 is 24.7 Å². The lowest BCUT2D eigenvalue weighted by molar-refractivity contribution is -0.384. The maximum absolute atomic E-state index is 14.1. The van der Waals surface area contributed by atoms with Crippen LogP contribution in [0.15, 0.2) is 89.6 Å². The van der Waals surface area contributed by atoms with Gasteiger partial charge in [-0.2, -0.15) is 13.2 Å².